The third-order valence-corrected chi connectivity index (χ3v) is 3.49. The van der Waals surface area contributed by atoms with Gasteiger partial charge in [0.15, 0.2) is 0 Å². The third kappa shape index (κ3) is 2.81. The van der Waals surface area contributed by atoms with Crippen LogP contribution >= 0.6 is 0 Å². The number of alkyl halides is 3. The van der Waals surface area contributed by atoms with Crippen LogP contribution in [0, 0.1) is 0 Å². The standard InChI is InChI=1S/C14H15F3N2O/c15-14(16,17)11-2-1-10-7-12(20-13(10)8-11)9-19-5-3-18-4-6-19/h1-2,7-8,18H,3-6,9H2. The molecule has 0 amide bonds. The SMILES string of the molecule is FC(F)(F)c1ccc2cc(CN3CCNCC3)oc2c1. The average molecular weight is 284 g/mol. The number of hydrogen-bond donors (Lipinski definition) is 1. The predicted octanol–water partition coefficient (Wildman–Crippen LogP) is 2.86. The summed E-state index contributed by atoms with van der Waals surface area (Å²) in [6.45, 7) is 4.34. The minimum absolute atomic E-state index is 0.296. The number of furan rings is 1. The van der Waals surface area contributed by atoms with Crippen molar-refractivity contribution in [2.24, 2.45) is 0 Å². The second kappa shape index (κ2) is 5.10. The van der Waals surface area contributed by atoms with Gasteiger partial charge in [0.2, 0.25) is 0 Å². The van der Waals surface area contributed by atoms with Gasteiger partial charge in [-0.2, -0.15) is 13.2 Å². The molecule has 1 aliphatic rings. The topological polar surface area (TPSA) is 28.4 Å². The van der Waals surface area contributed by atoms with Gasteiger partial charge in [0.25, 0.3) is 0 Å². The molecule has 0 unspecified atom stereocenters. The zero-order valence-corrected chi connectivity index (χ0v) is 10.8. The Kier molecular flexibility index (Phi) is 3.43. The summed E-state index contributed by atoms with van der Waals surface area (Å²) in [4.78, 5) is 2.22. The molecule has 1 aliphatic heterocycles. The normalized spacial score (nSPS) is 17.8. The molecule has 0 bridgehead atoms. The monoisotopic (exact) mass is 284 g/mol. The second-order valence-electron chi connectivity index (χ2n) is 4.99. The lowest BCUT2D eigenvalue weighted by Gasteiger charge is -2.26. The van der Waals surface area contributed by atoms with Crippen molar-refractivity contribution in [3.63, 3.8) is 0 Å². The summed E-state index contributed by atoms with van der Waals surface area (Å²) < 4.78 is 43.5. The van der Waals surface area contributed by atoms with Crippen LogP contribution in [0.5, 0.6) is 0 Å². The van der Waals surface area contributed by atoms with Crippen LogP contribution in [-0.2, 0) is 12.7 Å². The molecule has 0 spiro atoms. The van der Waals surface area contributed by atoms with Gasteiger partial charge in [0.05, 0.1) is 12.1 Å². The maximum atomic E-state index is 12.6. The molecule has 2 heterocycles. The molecule has 1 aromatic carbocycles. The minimum atomic E-state index is -4.33. The van der Waals surface area contributed by atoms with Crippen LogP contribution in [0.1, 0.15) is 11.3 Å². The van der Waals surface area contributed by atoms with E-state index in [9.17, 15) is 13.2 Å². The van der Waals surface area contributed by atoms with E-state index in [0.717, 1.165) is 38.3 Å². The van der Waals surface area contributed by atoms with Gasteiger partial charge >= 0.3 is 6.18 Å². The highest BCUT2D eigenvalue weighted by Gasteiger charge is 2.30. The van der Waals surface area contributed by atoms with Gasteiger partial charge in [0, 0.05) is 31.6 Å². The van der Waals surface area contributed by atoms with E-state index in [2.05, 4.69) is 10.2 Å². The van der Waals surface area contributed by atoms with E-state index in [1.165, 1.54) is 6.07 Å². The van der Waals surface area contributed by atoms with Crippen LogP contribution in [0.3, 0.4) is 0 Å². The van der Waals surface area contributed by atoms with Crippen molar-refractivity contribution in [2.75, 3.05) is 26.2 Å². The Morgan fingerprint density at radius 1 is 1.15 bits per heavy atom. The first kappa shape index (κ1) is 13.5. The zero-order chi connectivity index (χ0) is 14.2. The smallest absolute Gasteiger partial charge is 0.416 e. The fourth-order valence-corrected chi connectivity index (χ4v) is 2.43. The molecule has 1 aromatic heterocycles. The number of rotatable bonds is 2. The summed E-state index contributed by atoms with van der Waals surface area (Å²) in [6, 6.07) is 5.43. The van der Waals surface area contributed by atoms with Crippen molar-refractivity contribution in [1.29, 1.82) is 0 Å². The quantitative estimate of drug-likeness (QED) is 0.919. The molecule has 0 radical (unpaired) electrons. The van der Waals surface area contributed by atoms with Gasteiger partial charge < -0.3 is 9.73 Å². The number of hydrogen-bond acceptors (Lipinski definition) is 3. The van der Waals surface area contributed by atoms with E-state index in [4.69, 9.17) is 4.42 Å². The maximum Gasteiger partial charge on any atom is 0.416 e. The molecule has 1 fully saturated rings. The molecule has 3 nitrogen and oxygen atoms in total. The molecule has 6 heteroatoms. The van der Waals surface area contributed by atoms with Crippen LogP contribution in [0.2, 0.25) is 0 Å². The molecule has 3 rings (SSSR count). The largest absolute Gasteiger partial charge is 0.460 e. The van der Waals surface area contributed by atoms with E-state index in [1.807, 2.05) is 6.07 Å². The Hall–Kier alpha value is -1.53. The second-order valence-corrected chi connectivity index (χ2v) is 4.99. The number of nitrogens with zero attached hydrogens (tertiary/aromatic N) is 1. The van der Waals surface area contributed by atoms with Gasteiger partial charge in [-0.05, 0) is 18.2 Å². The van der Waals surface area contributed by atoms with E-state index >= 15 is 0 Å². The lowest BCUT2D eigenvalue weighted by Crippen LogP contribution is -2.42. The highest BCUT2D eigenvalue weighted by atomic mass is 19.4. The molecule has 1 saturated heterocycles. The number of nitrogens with one attached hydrogen (secondary N) is 1. The first-order chi connectivity index (χ1) is 9.52. The Balaban J connectivity index is 1.83. The first-order valence-corrected chi connectivity index (χ1v) is 6.55. The highest BCUT2D eigenvalue weighted by molar-refractivity contribution is 5.78. The fourth-order valence-electron chi connectivity index (χ4n) is 2.43. The summed E-state index contributed by atoms with van der Waals surface area (Å²) in [6.07, 6.45) is -4.33. The van der Waals surface area contributed by atoms with E-state index in [1.54, 1.807) is 0 Å². The number of benzene rings is 1. The molecule has 2 aromatic rings. The maximum absolute atomic E-state index is 12.6. The molecule has 1 N–H and O–H groups in total. The van der Waals surface area contributed by atoms with Gasteiger partial charge in [-0.25, -0.2) is 0 Å². The Morgan fingerprint density at radius 3 is 2.60 bits per heavy atom. The minimum Gasteiger partial charge on any atom is -0.460 e. The van der Waals surface area contributed by atoms with E-state index in [-0.39, 0.29) is 0 Å². The third-order valence-electron chi connectivity index (χ3n) is 3.49. The number of piperazine rings is 1. The van der Waals surface area contributed by atoms with Crippen LogP contribution in [0.4, 0.5) is 13.2 Å². The molecule has 0 saturated carbocycles. The summed E-state index contributed by atoms with van der Waals surface area (Å²) in [7, 11) is 0. The van der Waals surface area contributed by atoms with Gasteiger partial charge in [-0.1, -0.05) is 6.07 Å². The summed E-state index contributed by atoms with van der Waals surface area (Å²) in [5.41, 5.74) is -0.377. The van der Waals surface area contributed by atoms with Gasteiger partial charge in [-0.15, -0.1) is 0 Å². The van der Waals surface area contributed by atoms with Crippen LogP contribution in [0.15, 0.2) is 28.7 Å². The Bertz CT molecular complexity index is 600. The summed E-state index contributed by atoms with van der Waals surface area (Å²) in [5, 5.41) is 3.97. The first-order valence-electron chi connectivity index (χ1n) is 6.55. The van der Waals surface area contributed by atoms with Crippen molar-refractivity contribution >= 4 is 11.0 Å². The van der Waals surface area contributed by atoms with Gasteiger partial charge in [0.1, 0.15) is 11.3 Å². The average Bonchev–Trinajstić information content (AvgIpc) is 2.80. The molecular formula is C14H15F3N2O. The molecular weight excluding hydrogens is 269 g/mol. The number of fused-ring (bicyclic) bond motifs is 1. The van der Waals surface area contributed by atoms with Crippen molar-refractivity contribution in [3.8, 4) is 0 Å². The lowest BCUT2D eigenvalue weighted by atomic mass is 10.1. The Labute approximate surface area is 114 Å². The molecule has 0 aliphatic carbocycles. The van der Waals surface area contributed by atoms with Crippen LogP contribution < -0.4 is 5.32 Å². The number of halogens is 3. The molecule has 108 valence electrons. The lowest BCUT2D eigenvalue weighted by molar-refractivity contribution is -0.137. The van der Waals surface area contributed by atoms with Crippen LogP contribution in [0.25, 0.3) is 11.0 Å². The van der Waals surface area contributed by atoms with Crippen molar-refractivity contribution < 1.29 is 17.6 Å². The zero-order valence-electron chi connectivity index (χ0n) is 10.8. The predicted molar refractivity (Wildman–Crippen MR) is 69.4 cm³/mol. The van der Waals surface area contributed by atoms with Crippen molar-refractivity contribution in [1.82, 2.24) is 10.2 Å². The molecule has 0 atom stereocenters. The molecule has 20 heavy (non-hydrogen) atoms. The van der Waals surface area contributed by atoms with E-state index < -0.39 is 11.7 Å². The summed E-state index contributed by atoms with van der Waals surface area (Å²) >= 11 is 0. The Morgan fingerprint density at radius 2 is 1.90 bits per heavy atom. The van der Waals surface area contributed by atoms with Crippen molar-refractivity contribution in [3.05, 3.63) is 35.6 Å². The summed E-state index contributed by atoms with van der Waals surface area (Å²) in [5.74, 6) is 0.709. The van der Waals surface area contributed by atoms with Crippen LogP contribution in [-0.4, -0.2) is 31.1 Å². The fraction of sp³-hybridized carbons (Fsp3) is 0.429. The van der Waals surface area contributed by atoms with Gasteiger partial charge in [-0.3, -0.25) is 4.90 Å². The van der Waals surface area contributed by atoms with Crippen molar-refractivity contribution in [2.45, 2.75) is 12.7 Å². The van der Waals surface area contributed by atoms with E-state index in [0.29, 0.717) is 23.3 Å². The highest BCUT2D eigenvalue weighted by Crippen LogP contribution is 2.32.